The quantitative estimate of drug-likeness (QED) is 0.129. The maximum absolute atomic E-state index is 7.17. The molecule has 0 atom stereocenters. The van der Waals surface area contributed by atoms with Gasteiger partial charge in [-0.05, 0) is 145 Å². The number of anilines is 6. The molecule has 0 aliphatic heterocycles. The maximum atomic E-state index is 7.17. The predicted octanol–water partition coefficient (Wildman–Crippen LogP) is 25.7. The summed E-state index contributed by atoms with van der Waals surface area (Å²) in [7, 11) is 1.68. The van der Waals surface area contributed by atoms with E-state index in [2.05, 4.69) is 260 Å². The van der Waals surface area contributed by atoms with Crippen molar-refractivity contribution >= 4 is 94.8 Å². The summed E-state index contributed by atoms with van der Waals surface area (Å²) in [6.07, 6.45) is 0. The van der Waals surface area contributed by atoms with Gasteiger partial charge < -0.3 is 23.4 Å². The highest BCUT2D eigenvalue weighted by Crippen LogP contribution is 2.51. The average Bonchev–Trinajstić information content (AvgIpc) is 1.75. The summed E-state index contributed by atoms with van der Waals surface area (Å²) >= 11 is 18.1. The number of furan rings is 2. The molecular formula is C81H77BrCl2N2O3. The highest BCUT2D eigenvalue weighted by Gasteiger charge is 2.29. The van der Waals surface area contributed by atoms with Gasteiger partial charge in [0, 0.05) is 71.0 Å². The number of fused-ring (bicyclic) bond motifs is 2. The van der Waals surface area contributed by atoms with Crippen molar-refractivity contribution in [2.75, 3.05) is 16.9 Å². The van der Waals surface area contributed by atoms with Crippen LogP contribution in [0.25, 0.3) is 66.8 Å². The van der Waals surface area contributed by atoms with Crippen LogP contribution in [0.3, 0.4) is 0 Å². The molecule has 10 aromatic carbocycles. The van der Waals surface area contributed by atoms with E-state index in [0.717, 1.165) is 111 Å². The Hall–Kier alpha value is -8.26. The van der Waals surface area contributed by atoms with E-state index in [-0.39, 0.29) is 21.7 Å². The Morgan fingerprint density at radius 3 is 0.955 bits per heavy atom. The van der Waals surface area contributed by atoms with Crippen molar-refractivity contribution in [1.29, 1.82) is 0 Å². The summed E-state index contributed by atoms with van der Waals surface area (Å²) < 4.78 is 20.1. The van der Waals surface area contributed by atoms with E-state index in [1.165, 1.54) is 16.7 Å². The molecule has 0 aliphatic rings. The first-order valence-corrected chi connectivity index (χ1v) is 32.0. The fourth-order valence-electron chi connectivity index (χ4n) is 11.3. The van der Waals surface area contributed by atoms with Gasteiger partial charge in [-0.3, -0.25) is 0 Å². The van der Waals surface area contributed by atoms with Crippen molar-refractivity contribution < 1.29 is 13.6 Å². The lowest BCUT2D eigenvalue weighted by Gasteiger charge is -2.30. The van der Waals surface area contributed by atoms with E-state index in [4.69, 9.17) is 36.8 Å². The lowest BCUT2D eigenvalue weighted by molar-refractivity contribution is 0.413. The number of hydrogen-bond donors (Lipinski definition) is 0. The van der Waals surface area contributed by atoms with E-state index in [1.54, 1.807) is 7.11 Å². The second kappa shape index (κ2) is 25.0. The van der Waals surface area contributed by atoms with Crippen LogP contribution < -0.4 is 14.5 Å². The standard InChI is InChI=1S/C41H40ClNO2.C40H37BrClNO/c1-40(2,3)29-18-20-31(21-19-29)43(35-24-30(41(4,5)6)25-36(44-7)37(35)42)32-22-23-33-34(26-32)39(28-16-12-9-13-17-28)45-38(33)27-14-10-8-11-15-27;1-39(2,3)28-17-19-30(20-18-28)43(35-24-29(40(4,5)6)23-34(41)36(35)42)31-21-22-32-33(25-31)38(27-15-11-8-12-16-27)44-37(32)26-13-9-7-10-14-26/h8-26H,1-7H3;7-25H,1-6H3. The van der Waals surface area contributed by atoms with Gasteiger partial charge in [-0.2, -0.15) is 0 Å². The smallest absolute Gasteiger partial charge is 0.142 e. The summed E-state index contributed by atoms with van der Waals surface area (Å²) in [6.45, 7) is 26.7. The van der Waals surface area contributed by atoms with Crippen molar-refractivity contribution in [3.8, 4) is 51.0 Å². The largest absolute Gasteiger partial charge is 0.495 e. The molecule has 8 heteroatoms. The molecule has 12 aromatic rings. The van der Waals surface area contributed by atoms with Crippen LogP contribution in [-0.4, -0.2) is 7.11 Å². The summed E-state index contributed by atoms with van der Waals surface area (Å²) in [6, 6.07) is 80.6. The number of benzene rings is 10. The van der Waals surface area contributed by atoms with Gasteiger partial charge in [0.15, 0.2) is 0 Å². The normalized spacial score (nSPS) is 12.0. The topological polar surface area (TPSA) is 42.0 Å². The second-order valence-electron chi connectivity index (χ2n) is 27.0. The minimum atomic E-state index is -0.117. The van der Waals surface area contributed by atoms with Crippen LogP contribution in [-0.2, 0) is 21.7 Å². The van der Waals surface area contributed by atoms with Crippen LogP contribution in [0.15, 0.2) is 244 Å². The molecule has 2 heterocycles. The minimum absolute atomic E-state index is 0.0322. The SMILES string of the molecule is CC(C)(C)c1ccc(N(c2ccc3c(-c4ccccc4)oc(-c4ccccc4)c3c2)c2cc(C(C)(C)C)cc(Br)c2Cl)cc1.COc1cc(C(C)(C)C)cc(N(c2ccc(C(C)(C)C)cc2)c2ccc3c(-c4ccccc4)oc(-c4ccccc4)c3c2)c1Cl. The molecule has 0 N–H and O–H groups in total. The zero-order valence-corrected chi connectivity index (χ0v) is 56.3. The molecule has 0 spiro atoms. The highest BCUT2D eigenvalue weighted by atomic mass is 79.9. The summed E-state index contributed by atoms with van der Waals surface area (Å²) in [5.74, 6) is 4.05. The lowest BCUT2D eigenvalue weighted by atomic mass is 9.86. The fraction of sp³-hybridized carbons (Fsp3) is 0.210. The maximum Gasteiger partial charge on any atom is 0.142 e. The fourth-order valence-corrected chi connectivity index (χ4v) is 12.2. The van der Waals surface area contributed by atoms with Crippen molar-refractivity contribution in [3.63, 3.8) is 0 Å². The first-order chi connectivity index (χ1) is 42.4. The third kappa shape index (κ3) is 13.1. The van der Waals surface area contributed by atoms with Crippen LogP contribution >= 0.6 is 39.1 Å². The molecule has 0 aliphatic carbocycles. The molecule has 0 saturated heterocycles. The second-order valence-corrected chi connectivity index (χ2v) is 28.6. The number of nitrogens with zero attached hydrogens (tertiary/aromatic N) is 2. The third-order valence-electron chi connectivity index (χ3n) is 16.5. The van der Waals surface area contributed by atoms with Gasteiger partial charge in [0.2, 0.25) is 0 Å². The average molecular weight is 1280 g/mol. The third-order valence-corrected chi connectivity index (χ3v) is 18.1. The number of methoxy groups -OCH3 is 1. The Labute approximate surface area is 544 Å². The number of halogens is 3. The Balaban J connectivity index is 0.000000184. The molecule has 0 unspecified atom stereocenters. The van der Waals surface area contributed by atoms with Crippen LogP contribution in [0, 0.1) is 0 Å². The van der Waals surface area contributed by atoms with Crippen LogP contribution in [0.1, 0.15) is 105 Å². The first-order valence-electron chi connectivity index (χ1n) is 30.4. The van der Waals surface area contributed by atoms with Gasteiger partial charge in [-0.1, -0.05) is 252 Å². The molecule has 12 rings (SSSR count). The minimum Gasteiger partial charge on any atom is -0.495 e. The van der Waals surface area contributed by atoms with Gasteiger partial charge in [-0.15, -0.1) is 0 Å². The number of rotatable bonds is 11. The Morgan fingerprint density at radius 2 is 0.629 bits per heavy atom. The molecule has 0 bridgehead atoms. The Kier molecular flexibility index (Phi) is 17.5. The summed E-state index contributed by atoms with van der Waals surface area (Å²) in [4.78, 5) is 4.49. The van der Waals surface area contributed by atoms with Gasteiger partial charge in [0.05, 0.1) is 23.5 Å². The highest BCUT2D eigenvalue weighted by molar-refractivity contribution is 9.10. The molecule has 5 nitrogen and oxygen atoms in total. The van der Waals surface area contributed by atoms with E-state index < -0.39 is 0 Å². The number of hydrogen-bond acceptors (Lipinski definition) is 5. The first kappa shape index (κ1) is 62.4. The molecule has 0 saturated carbocycles. The van der Waals surface area contributed by atoms with Gasteiger partial charge in [0.1, 0.15) is 33.8 Å². The Bertz CT molecular complexity index is 4450. The van der Waals surface area contributed by atoms with E-state index in [0.29, 0.717) is 15.8 Å². The van der Waals surface area contributed by atoms with Crippen molar-refractivity contribution in [1.82, 2.24) is 0 Å². The molecular weight excluding hydrogens is 1200 g/mol. The van der Waals surface area contributed by atoms with Crippen LogP contribution in [0.5, 0.6) is 5.75 Å². The van der Waals surface area contributed by atoms with Crippen molar-refractivity contribution in [2.45, 2.75) is 105 Å². The summed E-state index contributed by atoms with van der Waals surface area (Å²) in [5.41, 5.74) is 14.7. The lowest BCUT2D eigenvalue weighted by Crippen LogP contribution is -2.16. The van der Waals surface area contributed by atoms with Crippen molar-refractivity contribution in [2.24, 2.45) is 0 Å². The van der Waals surface area contributed by atoms with E-state index >= 15 is 0 Å². The van der Waals surface area contributed by atoms with Gasteiger partial charge >= 0.3 is 0 Å². The predicted molar refractivity (Wildman–Crippen MR) is 383 cm³/mol. The zero-order valence-electron chi connectivity index (χ0n) is 53.2. The zero-order chi connectivity index (χ0) is 63.2. The van der Waals surface area contributed by atoms with Crippen molar-refractivity contribution in [3.05, 3.63) is 267 Å². The molecule has 2 aromatic heterocycles. The van der Waals surface area contributed by atoms with E-state index in [1.807, 2.05) is 78.9 Å². The molecule has 0 amide bonds. The molecule has 0 radical (unpaired) electrons. The number of ether oxygens (including phenoxy) is 1. The van der Waals surface area contributed by atoms with Crippen LogP contribution in [0.4, 0.5) is 34.1 Å². The van der Waals surface area contributed by atoms with E-state index in [9.17, 15) is 0 Å². The molecule has 450 valence electrons. The summed E-state index contributed by atoms with van der Waals surface area (Å²) in [5, 5.41) is 5.43. The molecule has 0 fully saturated rings. The molecule has 89 heavy (non-hydrogen) atoms. The van der Waals surface area contributed by atoms with Crippen LogP contribution in [0.2, 0.25) is 10.0 Å². The Morgan fingerprint density at radius 1 is 0.326 bits per heavy atom. The van der Waals surface area contributed by atoms with Gasteiger partial charge in [0.25, 0.3) is 0 Å². The monoisotopic (exact) mass is 1270 g/mol. The van der Waals surface area contributed by atoms with Gasteiger partial charge in [-0.25, -0.2) is 0 Å².